The van der Waals surface area contributed by atoms with Crippen LogP contribution < -0.4 is 10.5 Å². The Labute approximate surface area is 110 Å². The third-order valence-corrected chi connectivity index (χ3v) is 2.70. The number of nitro groups is 1. The molecule has 2 N–H and O–H groups in total. The Hall–Kier alpha value is -2.63. The van der Waals surface area contributed by atoms with E-state index in [-0.39, 0.29) is 17.3 Å². The van der Waals surface area contributed by atoms with E-state index in [2.05, 4.69) is 4.98 Å². The van der Waals surface area contributed by atoms with Gasteiger partial charge >= 0.3 is 5.69 Å². The molecule has 6 heteroatoms. The van der Waals surface area contributed by atoms with Crippen molar-refractivity contribution in [1.29, 1.82) is 0 Å². The lowest BCUT2D eigenvalue weighted by Gasteiger charge is -2.08. The first-order chi connectivity index (χ1) is 8.99. The average Bonchev–Trinajstić information content (AvgIpc) is 2.33. The highest BCUT2D eigenvalue weighted by molar-refractivity contribution is 5.53. The van der Waals surface area contributed by atoms with Gasteiger partial charge in [-0.1, -0.05) is 12.1 Å². The van der Waals surface area contributed by atoms with Crippen LogP contribution in [0.3, 0.4) is 0 Å². The highest BCUT2D eigenvalue weighted by Gasteiger charge is 2.19. The maximum absolute atomic E-state index is 11.0. The molecule has 0 saturated heterocycles. The van der Waals surface area contributed by atoms with E-state index >= 15 is 0 Å². The van der Waals surface area contributed by atoms with Crippen LogP contribution in [0.4, 0.5) is 11.4 Å². The van der Waals surface area contributed by atoms with Gasteiger partial charge in [0.15, 0.2) is 0 Å². The van der Waals surface area contributed by atoms with Gasteiger partial charge in [0.05, 0.1) is 16.3 Å². The number of aryl methyl sites for hydroxylation is 2. The van der Waals surface area contributed by atoms with E-state index in [9.17, 15) is 10.1 Å². The molecule has 0 unspecified atom stereocenters. The van der Waals surface area contributed by atoms with Gasteiger partial charge in [-0.15, -0.1) is 0 Å². The minimum atomic E-state index is -0.463. The zero-order valence-electron chi connectivity index (χ0n) is 10.6. The normalized spacial score (nSPS) is 10.2. The second-order valence-electron chi connectivity index (χ2n) is 4.10. The summed E-state index contributed by atoms with van der Waals surface area (Å²) in [4.78, 5) is 14.7. The lowest BCUT2D eigenvalue weighted by Crippen LogP contribution is -1.98. The number of hydrogen-bond acceptors (Lipinski definition) is 5. The SMILES string of the molecule is Cc1cccc(Oc2ccc(N)c(C)n2)c1[N+](=O)[O-]. The molecule has 6 nitrogen and oxygen atoms in total. The molecule has 19 heavy (non-hydrogen) atoms. The van der Waals surface area contributed by atoms with Gasteiger partial charge in [0.25, 0.3) is 0 Å². The van der Waals surface area contributed by atoms with Gasteiger partial charge in [-0.05, 0) is 26.0 Å². The summed E-state index contributed by atoms with van der Waals surface area (Å²) < 4.78 is 5.48. The number of ether oxygens (including phenoxy) is 1. The van der Waals surface area contributed by atoms with Crippen molar-refractivity contribution < 1.29 is 9.66 Å². The molecular formula is C13H13N3O3. The lowest BCUT2D eigenvalue weighted by atomic mass is 10.2. The first-order valence-corrected chi connectivity index (χ1v) is 5.64. The number of benzene rings is 1. The van der Waals surface area contributed by atoms with Crippen LogP contribution in [0.2, 0.25) is 0 Å². The van der Waals surface area contributed by atoms with E-state index in [4.69, 9.17) is 10.5 Å². The summed E-state index contributed by atoms with van der Waals surface area (Å²) in [5, 5.41) is 11.0. The van der Waals surface area contributed by atoms with Gasteiger partial charge < -0.3 is 10.5 Å². The van der Waals surface area contributed by atoms with Crippen molar-refractivity contribution in [2.75, 3.05) is 5.73 Å². The zero-order chi connectivity index (χ0) is 14.0. The molecular weight excluding hydrogens is 246 g/mol. The predicted octanol–water partition coefficient (Wildman–Crippen LogP) is 2.98. The minimum absolute atomic E-state index is 0.0567. The van der Waals surface area contributed by atoms with Crippen LogP contribution >= 0.6 is 0 Å². The van der Waals surface area contributed by atoms with Crippen LogP contribution in [-0.2, 0) is 0 Å². The number of para-hydroxylation sites is 1. The smallest absolute Gasteiger partial charge is 0.314 e. The number of anilines is 1. The maximum atomic E-state index is 11.0. The zero-order valence-corrected chi connectivity index (χ0v) is 10.6. The topological polar surface area (TPSA) is 91.3 Å². The molecule has 0 aliphatic heterocycles. The number of nitrogens with two attached hydrogens (primary N) is 1. The van der Waals surface area contributed by atoms with Crippen LogP contribution in [0.15, 0.2) is 30.3 Å². The Bertz CT molecular complexity index is 641. The second-order valence-corrected chi connectivity index (χ2v) is 4.10. The molecule has 98 valence electrons. The first kappa shape index (κ1) is 12.8. The van der Waals surface area contributed by atoms with Crippen molar-refractivity contribution in [2.24, 2.45) is 0 Å². The molecule has 0 atom stereocenters. The van der Waals surface area contributed by atoms with Crippen LogP contribution in [-0.4, -0.2) is 9.91 Å². The summed E-state index contributed by atoms with van der Waals surface area (Å²) >= 11 is 0. The van der Waals surface area contributed by atoms with E-state index < -0.39 is 4.92 Å². The number of hydrogen-bond donors (Lipinski definition) is 1. The highest BCUT2D eigenvalue weighted by Crippen LogP contribution is 2.33. The quantitative estimate of drug-likeness (QED) is 0.675. The van der Waals surface area contributed by atoms with Crippen molar-refractivity contribution in [3.8, 4) is 11.6 Å². The second kappa shape index (κ2) is 4.93. The molecule has 0 aliphatic carbocycles. The Balaban J connectivity index is 2.40. The van der Waals surface area contributed by atoms with Crippen molar-refractivity contribution in [1.82, 2.24) is 4.98 Å². The van der Waals surface area contributed by atoms with Gasteiger partial charge in [0.2, 0.25) is 11.6 Å². The lowest BCUT2D eigenvalue weighted by molar-refractivity contribution is -0.386. The summed E-state index contributed by atoms with van der Waals surface area (Å²) in [6.07, 6.45) is 0. The van der Waals surface area contributed by atoms with Crippen LogP contribution in [0.25, 0.3) is 0 Å². The number of nitrogens with zero attached hydrogens (tertiary/aromatic N) is 2. The number of nitrogen functional groups attached to an aromatic ring is 1. The number of rotatable bonds is 3. The van der Waals surface area contributed by atoms with Crippen molar-refractivity contribution in [3.05, 3.63) is 51.7 Å². The van der Waals surface area contributed by atoms with Crippen LogP contribution in [0.1, 0.15) is 11.3 Å². The largest absolute Gasteiger partial charge is 0.432 e. The summed E-state index contributed by atoms with van der Waals surface area (Å²) in [5.41, 5.74) is 7.30. The molecule has 0 bridgehead atoms. The van der Waals surface area contributed by atoms with Gasteiger partial charge in [0, 0.05) is 11.6 Å². The standard InChI is InChI=1S/C13H13N3O3/c1-8-4-3-5-11(13(8)16(17)18)19-12-7-6-10(14)9(2)15-12/h3-7H,14H2,1-2H3. The van der Waals surface area contributed by atoms with Crippen LogP contribution in [0, 0.1) is 24.0 Å². The molecule has 0 aliphatic rings. The van der Waals surface area contributed by atoms with Gasteiger partial charge in [0.1, 0.15) is 0 Å². The summed E-state index contributed by atoms with van der Waals surface area (Å²) in [6.45, 7) is 3.40. The third-order valence-electron chi connectivity index (χ3n) is 2.70. The average molecular weight is 259 g/mol. The number of aromatic nitrogens is 1. The highest BCUT2D eigenvalue weighted by atomic mass is 16.6. The van der Waals surface area contributed by atoms with Crippen molar-refractivity contribution in [3.63, 3.8) is 0 Å². The van der Waals surface area contributed by atoms with Gasteiger partial charge in [-0.25, -0.2) is 4.98 Å². The predicted molar refractivity (Wildman–Crippen MR) is 71.3 cm³/mol. The van der Waals surface area contributed by atoms with Gasteiger partial charge in [-0.3, -0.25) is 10.1 Å². The molecule has 2 aromatic rings. The molecule has 0 fully saturated rings. The van der Waals surface area contributed by atoms with Gasteiger partial charge in [-0.2, -0.15) is 0 Å². The van der Waals surface area contributed by atoms with E-state index in [0.717, 1.165) is 0 Å². The third kappa shape index (κ3) is 2.62. The Morgan fingerprint density at radius 3 is 2.63 bits per heavy atom. The Kier molecular flexibility index (Phi) is 3.33. The fraction of sp³-hybridized carbons (Fsp3) is 0.154. The molecule has 0 saturated carbocycles. The first-order valence-electron chi connectivity index (χ1n) is 5.64. The maximum Gasteiger partial charge on any atom is 0.314 e. The summed E-state index contributed by atoms with van der Waals surface area (Å²) in [6, 6.07) is 8.13. The van der Waals surface area contributed by atoms with Crippen LogP contribution in [0.5, 0.6) is 11.6 Å². The molecule has 1 aromatic heterocycles. The van der Waals surface area contributed by atoms with E-state index in [1.165, 1.54) is 0 Å². The molecule has 0 spiro atoms. The number of nitro benzene ring substituents is 1. The molecule has 2 rings (SSSR count). The summed E-state index contributed by atoms with van der Waals surface area (Å²) in [5.74, 6) is 0.446. The minimum Gasteiger partial charge on any atom is -0.432 e. The molecule has 0 radical (unpaired) electrons. The van der Waals surface area contributed by atoms with Crippen molar-refractivity contribution >= 4 is 11.4 Å². The fourth-order valence-electron chi connectivity index (χ4n) is 1.67. The Morgan fingerprint density at radius 2 is 2.00 bits per heavy atom. The van der Waals surface area contributed by atoms with E-state index in [0.29, 0.717) is 16.9 Å². The fourth-order valence-corrected chi connectivity index (χ4v) is 1.67. The molecule has 1 aromatic carbocycles. The monoisotopic (exact) mass is 259 g/mol. The van der Waals surface area contributed by atoms with Crippen molar-refractivity contribution in [2.45, 2.75) is 13.8 Å². The number of pyridine rings is 1. The molecule has 1 heterocycles. The molecule has 0 amide bonds. The van der Waals surface area contributed by atoms with E-state index in [1.807, 2.05) is 0 Å². The van der Waals surface area contributed by atoms with E-state index in [1.54, 1.807) is 44.2 Å². The Morgan fingerprint density at radius 1 is 1.26 bits per heavy atom. The summed E-state index contributed by atoms with van der Waals surface area (Å²) in [7, 11) is 0.